The fourth-order valence-electron chi connectivity index (χ4n) is 4.05. The smallest absolute Gasteiger partial charge is 0.418 e. The molecular weight excluding hydrogens is 533 g/mol. The molecule has 0 radical (unpaired) electrons. The highest BCUT2D eigenvalue weighted by Crippen LogP contribution is 2.38. The minimum absolute atomic E-state index is 0.0415. The monoisotopic (exact) mass is 566 g/mol. The summed E-state index contributed by atoms with van der Waals surface area (Å²) in [5.74, 6) is -0.662. The van der Waals surface area contributed by atoms with Gasteiger partial charge in [0.25, 0.3) is 5.91 Å². The first-order valence-corrected chi connectivity index (χ1v) is 12.9. The second kappa shape index (κ2) is 11.8. The van der Waals surface area contributed by atoms with Gasteiger partial charge in [0.1, 0.15) is 5.60 Å². The standard InChI is InChI=1S/C28H34ClF3N4O3/c1-17-15-21(29)8-9-23(17)33-18(2)19(3)34-25(37)20-7-10-24(22(16-20)28(30,31)32)35-11-13-36(14-12-35)26(38)39-27(4,5)6/h7-10,15-16,19,33H,2,11-14H2,1,3-6H3,(H,34,37)/t19-/m0/s1. The van der Waals surface area contributed by atoms with Gasteiger partial charge in [0.15, 0.2) is 0 Å². The van der Waals surface area contributed by atoms with E-state index in [0.29, 0.717) is 10.7 Å². The zero-order chi connectivity index (χ0) is 29.1. The van der Waals surface area contributed by atoms with E-state index in [1.54, 1.807) is 50.8 Å². The molecule has 2 aromatic rings. The lowest BCUT2D eigenvalue weighted by molar-refractivity contribution is -0.137. The molecule has 212 valence electrons. The molecular formula is C28H34ClF3N4O3. The zero-order valence-electron chi connectivity index (χ0n) is 22.7. The number of alkyl halides is 3. The number of hydrogen-bond acceptors (Lipinski definition) is 5. The lowest BCUT2D eigenvalue weighted by atomic mass is 10.0. The van der Waals surface area contributed by atoms with Crippen molar-refractivity contribution in [1.82, 2.24) is 10.2 Å². The molecule has 39 heavy (non-hydrogen) atoms. The molecule has 2 amide bonds. The molecule has 0 aliphatic carbocycles. The topological polar surface area (TPSA) is 73.9 Å². The summed E-state index contributed by atoms with van der Waals surface area (Å²) in [6.45, 7) is 13.6. The number of amides is 2. The fraction of sp³-hybridized carbons (Fsp3) is 0.429. The predicted molar refractivity (Wildman–Crippen MR) is 147 cm³/mol. The van der Waals surface area contributed by atoms with Crippen LogP contribution in [0.2, 0.25) is 5.02 Å². The molecule has 0 aromatic heterocycles. The second-order valence-electron chi connectivity index (χ2n) is 10.5. The average molecular weight is 567 g/mol. The van der Waals surface area contributed by atoms with Gasteiger partial charge in [-0.3, -0.25) is 4.79 Å². The molecule has 1 heterocycles. The number of nitrogens with one attached hydrogen (secondary N) is 2. The maximum atomic E-state index is 14.1. The summed E-state index contributed by atoms with van der Waals surface area (Å²) in [7, 11) is 0. The number of carbonyl (C=O) groups is 2. The molecule has 1 aliphatic heterocycles. The van der Waals surface area contributed by atoms with Gasteiger partial charge in [-0.25, -0.2) is 4.79 Å². The van der Waals surface area contributed by atoms with Gasteiger partial charge >= 0.3 is 12.3 Å². The Morgan fingerprint density at radius 1 is 1.05 bits per heavy atom. The number of benzene rings is 2. The molecule has 2 N–H and O–H groups in total. The molecule has 2 aromatic carbocycles. The number of halogens is 4. The van der Waals surface area contributed by atoms with Gasteiger partial charge in [0.2, 0.25) is 0 Å². The molecule has 1 saturated heterocycles. The summed E-state index contributed by atoms with van der Waals surface area (Å²) in [6.07, 6.45) is -5.18. The van der Waals surface area contributed by atoms with Crippen molar-refractivity contribution in [3.05, 3.63) is 70.4 Å². The van der Waals surface area contributed by atoms with E-state index in [4.69, 9.17) is 16.3 Å². The van der Waals surface area contributed by atoms with E-state index in [2.05, 4.69) is 17.2 Å². The van der Waals surface area contributed by atoms with Crippen molar-refractivity contribution in [1.29, 1.82) is 0 Å². The molecule has 1 atom stereocenters. The van der Waals surface area contributed by atoms with E-state index in [1.807, 2.05) is 6.92 Å². The predicted octanol–water partition coefficient (Wildman–Crippen LogP) is 6.47. The first-order chi connectivity index (χ1) is 18.0. The largest absolute Gasteiger partial charge is 0.444 e. The molecule has 0 saturated carbocycles. The van der Waals surface area contributed by atoms with Gasteiger partial charge < -0.3 is 25.2 Å². The van der Waals surface area contributed by atoms with Crippen molar-refractivity contribution in [2.24, 2.45) is 0 Å². The fourth-order valence-corrected chi connectivity index (χ4v) is 4.28. The van der Waals surface area contributed by atoms with Crippen LogP contribution in [-0.2, 0) is 10.9 Å². The number of aryl methyl sites for hydroxylation is 1. The van der Waals surface area contributed by atoms with Crippen molar-refractivity contribution in [3.8, 4) is 0 Å². The van der Waals surface area contributed by atoms with Crippen LogP contribution < -0.4 is 15.5 Å². The highest BCUT2D eigenvalue weighted by atomic mass is 35.5. The van der Waals surface area contributed by atoms with Crippen LogP contribution in [0.4, 0.5) is 29.3 Å². The first-order valence-electron chi connectivity index (χ1n) is 12.5. The van der Waals surface area contributed by atoms with E-state index in [0.717, 1.165) is 17.3 Å². The number of anilines is 2. The van der Waals surface area contributed by atoms with Crippen LogP contribution in [0.3, 0.4) is 0 Å². The van der Waals surface area contributed by atoms with Gasteiger partial charge in [0, 0.05) is 53.8 Å². The lowest BCUT2D eigenvalue weighted by Crippen LogP contribution is -2.50. The van der Waals surface area contributed by atoms with Gasteiger partial charge in [-0.2, -0.15) is 13.2 Å². The maximum Gasteiger partial charge on any atom is 0.418 e. The molecule has 11 heteroatoms. The Labute approximate surface area is 231 Å². The second-order valence-corrected chi connectivity index (χ2v) is 10.9. The van der Waals surface area contributed by atoms with Crippen LogP contribution in [-0.4, -0.2) is 54.7 Å². The lowest BCUT2D eigenvalue weighted by Gasteiger charge is -2.37. The Morgan fingerprint density at radius 2 is 1.69 bits per heavy atom. The zero-order valence-corrected chi connectivity index (χ0v) is 23.5. The Balaban J connectivity index is 1.70. The van der Waals surface area contributed by atoms with Crippen molar-refractivity contribution in [3.63, 3.8) is 0 Å². The Hall–Kier alpha value is -3.40. The summed E-state index contributed by atoms with van der Waals surface area (Å²) in [5.41, 5.74) is 0.344. The number of rotatable bonds is 6. The molecule has 0 bridgehead atoms. The van der Waals surface area contributed by atoms with E-state index in [1.165, 1.54) is 17.0 Å². The van der Waals surface area contributed by atoms with Gasteiger partial charge in [-0.05, 0) is 76.6 Å². The van der Waals surface area contributed by atoms with Crippen LogP contribution >= 0.6 is 11.6 Å². The average Bonchev–Trinajstić information content (AvgIpc) is 2.83. The third-order valence-electron chi connectivity index (χ3n) is 6.19. The maximum absolute atomic E-state index is 14.1. The molecule has 1 fully saturated rings. The van der Waals surface area contributed by atoms with Crippen LogP contribution in [0.25, 0.3) is 0 Å². The van der Waals surface area contributed by atoms with Crippen molar-refractivity contribution in [2.45, 2.75) is 52.4 Å². The SMILES string of the molecule is C=C(Nc1ccc(Cl)cc1C)[C@H](C)NC(=O)c1ccc(N2CCN(C(=O)OC(C)(C)C)CC2)c(C(F)(F)F)c1. The summed E-state index contributed by atoms with van der Waals surface area (Å²) in [5, 5.41) is 6.39. The number of carbonyl (C=O) groups excluding carboxylic acids is 2. The molecule has 7 nitrogen and oxygen atoms in total. The number of nitrogens with zero attached hydrogens (tertiary/aromatic N) is 2. The van der Waals surface area contributed by atoms with Gasteiger partial charge in [-0.1, -0.05) is 18.2 Å². The third kappa shape index (κ3) is 8.05. The summed E-state index contributed by atoms with van der Waals surface area (Å²) in [6, 6.07) is 8.21. The van der Waals surface area contributed by atoms with E-state index in [9.17, 15) is 22.8 Å². The van der Waals surface area contributed by atoms with Gasteiger partial charge in [0.05, 0.1) is 11.6 Å². The third-order valence-corrected chi connectivity index (χ3v) is 6.43. The Bertz CT molecular complexity index is 1240. The summed E-state index contributed by atoms with van der Waals surface area (Å²) < 4.78 is 47.5. The number of hydrogen-bond donors (Lipinski definition) is 2. The van der Waals surface area contributed by atoms with Crippen LogP contribution in [0.5, 0.6) is 0 Å². The quantitative estimate of drug-likeness (QED) is 0.419. The number of ether oxygens (including phenoxy) is 1. The van der Waals surface area contributed by atoms with Gasteiger partial charge in [-0.15, -0.1) is 0 Å². The minimum atomic E-state index is -4.68. The molecule has 0 unspecified atom stereocenters. The normalized spacial score (nSPS) is 15.0. The van der Waals surface area contributed by atoms with Crippen LogP contribution in [0.15, 0.2) is 48.7 Å². The summed E-state index contributed by atoms with van der Waals surface area (Å²) >= 11 is 5.99. The van der Waals surface area contributed by atoms with Crippen molar-refractivity contribution in [2.75, 3.05) is 36.4 Å². The van der Waals surface area contributed by atoms with Crippen LogP contribution in [0.1, 0.15) is 49.2 Å². The van der Waals surface area contributed by atoms with E-state index < -0.39 is 35.4 Å². The Kier molecular flexibility index (Phi) is 9.10. The molecule has 1 aliphatic rings. The Morgan fingerprint density at radius 3 is 2.26 bits per heavy atom. The van der Waals surface area contributed by atoms with Crippen molar-refractivity contribution < 1.29 is 27.5 Å². The first kappa shape index (κ1) is 30.1. The molecule has 0 spiro atoms. The number of piperazine rings is 1. The van der Waals surface area contributed by atoms with E-state index in [-0.39, 0.29) is 37.4 Å². The van der Waals surface area contributed by atoms with E-state index >= 15 is 0 Å². The minimum Gasteiger partial charge on any atom is -0.444 e. The molecule has 3 rings (SSSR count). The summed E-state index contributed by atoms with van der Waals surface area (Å²) in [4.78, 5) is 28.2. The van der Waals surface area contributed by atoms with Crippen molar-refractivity contribution >= 4 is 35.0 Å². The highest BCUT2D eigenvalue weighted by Gasteiger charge is 2.37. The highest BCUT2D eigenvalue weighted by molar-refractivity contribution is 6.30. The van der Waals surface area contributed by atoms with Crippen LogP contribution in [0, 0.1) is 6.92 Å².